The lowest BCUT2D eigenvalue weighted by molar-refractivity contribution is 0.0688. The van der Waals surface area contributed by atoms with Crippen molar-refractivity contribution in [1.82, 2.24) is 5.32 Å². The summed E-state index contributed by atoms with van der Waals surface area (Å²) < 4.78 is 23.2. The van der Waals surface area contributed by atoms with Crippen molar-refractivity contribution in [3.05, 3.63) is 34.6 Å². The highest BCUT2D eigenvalue weighted by molar-refractivity contribution is 6.30. The van der Waals surface area contributed by atoms with Crippen LogP contribution in [0.25, 0.3) is 0 Å². The van der Waals surface area contributed by atoms with E-state index in [1.165, 1.54) is 6.07 Å². The highest BCUT2D eigenvalue weighted by Gasteiger charge is 2.00. The van der Waals surface area contributed by atoms with Gasteiger partial charge >= 0.3 is 0 Å². The van der Waals surface area contributed by atoms with Crippen LogP contribution in [0.3, 0.4) is 0 Å². The summed E-state index contributed by atoms with van der Waals surface area (Å²) in [5.41, 5.74) is 0.989. The predicted molar refractivity (Wildman–Crippen MR) is 75.0 cm³/mol. The molecule has 1 aromatic carbocycles. The molecule has 0 saturated carbocycles. The van der Waals surface area contributed by atoms with Crippen molar-refractivity contribution in [3.8, 4) is 0 Å². The van der Waals surface area contributed by atoms with Crippen molar-refractivity contribution >= 4 is 11.6 Å². The fraction of sp³-hybridized carbons (Fsp3) is 0.571. The van der Waals surface area contributed by atoms with E-state index in [0.717, 1.165) is 31.6 Å². The van der Waals surface area contributed by atoms with Crippen molar-refractivity contribution < 1.29 is 13.9 Å². The third kappa shape index (κ3) is 7.47. The molecule has 0 fully saturated rings. The SMILES string of the molecule is COCCOCCCCNCc1ccc(F)c(Cl)c1. The Labute approximate surface area is 119 Å². The Morgan fingerprint density at radius 1 is 1.21 bits per heavy atom. The van der Waals surface area contributed by atoms with Crippen molar-refractivity contribution in [2.24, 2.45) is 0 Å². The number of ether oxygens (including phenoxy) is 2. The van der Waals surface area contributed by atoms with Crippen LogP contribution in [0, 0.1) is 5.82 Å². The van der Waals surface area contributed by atoms with Crippen LogP contribution >= 0.6 is 11.6 Å². The Morgan fingerprint density at radius 3 is 2.79 bits per heavy atom. The van der Waals surface area contributed by atoms with Crippen LogP contribution in [0.1, 0.15) is 18.4 Å². The maximum Gasteiger partial charge on any atom is 0.141 e. The van der Waals surface area contributed by atoms with Gasteiger partial charge < -0.3 is 14.8 Å². The minimum atomic E-state index is -0.376. The van der Waals surface area contributed by atoms with Gasteiger partial charge in [0.05, 0.1) is 18.2 Å². The number of benzene rings is 1. The average molecular weight is 290 g/mol. The Morgan fingerprint density at radius 2 is 2.05 bits per heavy atom. The summed E-state index contributed by atoms with van der Waals surface area (Å²) in [5, 5.41) is 3.46. The Balaban J connectivity index is 2.00. The number of halogens is 2. The molecule has 0 aliphatic carbocycles. The third-order valence-corrected chi connectivity index (χ3v) is 2.93. The maximum absolute atomic E-state index is 12.9. The lowest BCUT2D eigenvalue weighted by Crippen LogP contribution is -2.15. The first-order chi connectivity index (χ1) is 9.24. The highest BCUT2D eigenvalue weighted by Crippen LogP contribution is 2.15. The molecule has 0 aliphatic rings. The molecule has 0 amide bonds. The van der Waals surface area contributed by atoms with Crippen molar-refractivity contribution in [2.45, 2.75) is 19.4 Å². The van der Waals surface area contributed by atoms with Gasteiger partial charge in [0.2, 0.25) is 0 Å². The zero-order valence-electron chi connectivity index (χ0n) is 11.3. The summed E-state index contributed by atoms with van der Waals surface area (Å²) in [6.07, 6.45) is 2.06. The molecule has 0 radical (unpaired) electrons. The van der Waals surface area contributed by atoms with Crippen molar-refractivity contribution in [1.29, 1.82) is 0 Å². The molecule has 1 aromatic rings. The highest BCUT2D eigenvalue weighted by atomic mass is 35.5. The van der Waals surface area contributed by atoms with Gasteiger partial charge in [-0.2, -0.15) is 0 Å². The molecule has 0 saturated heterocycles. The minimum absolute atomic E-state index is 0.172. The topological polar surface area (TPSA) is 30.5 Å². The van der Waals surface area contributed by atoms with E-state index in [4.69, 9.17) is 21.1 Å². The van der Waals surface area contributed by atoms with E-state index in [1.54, 1.807) is 19.2 Å². The Hall–Kier alpha value is -0.680. The molecule has 0 spiro atoms. The summed E-state index contributed by atoms with van der Waals surface area (Å²) in [6, 6.07) is 4.78. The molecule has 0 aliphatic heterocycles. The van der Waals surface area contributed by atoms with Gasteiger partial charge in [0.25, 0.3) is 0 Å². The first kappa shape index (κ1) is 16.4. The standard InChI is InChI=1S/C14H21ClFNO2/c1-18-8-9-19-7-3-2-6-17-11-12-4-5-14(16)13(15)10-12/h4-5,10,17H,2-3,6-9,11H2,1H3. The molecule has 5 heteroatoms. The summed E-state index contributed by atoms with van der Waals surface area (Å²) >= 11 is 5.71. The summed E-state index contributed by atoms with van der Waals surface area (Å²) in [6.45, 7) is 3.65. The first-order valence-corrected chi connectivity index (χ1v) is 6.83. The second-order valence-corrected chi connectivity index (χ2v) is 4.64. The van der Waals surface area contributed by atoms with Gasteiger partial charge in [-0.05, 0) is 37.1 Å². The van der Waals surface area contributed by atoms with E-state index in [2.05, 4.69) is 5.32 Å². The summed E-state index contributed by atoms with van der Waals surface area (Å²) in [5.74, 6) is -0.376. The molecule has 0 aromatic heterocycles. The molecule has 0 bridgehead atoms. The quantitative estimate of drug-likeness (QED) is 0.672. The van der Waals surface area contributed by atoms with Gasteiger partial charge in [-0.25, -0.2) is 4.39 Å². The number of unbranched alkanes of at least 4 members (excludes halogenated alkanes) is 1. The monoisotopic (exact) mass is 289 g/mol. The lowest BCUT2D eigenvalue weighted by atomic mass is 10.2. The van der Waals surface area contributed by atoms with E-state index < -0.39 is 0 Å². The summed E-state index contributed by atoms with van der Waals surface area (Å²) in [4.78, 5) is 0. The first-order valence-electron chi connectivity index (χ1n) is 6.45. The molecule has 19 heavy (non-hydrogen) atoms. The second kappa shape index (κ2) is 10.1. The van der Waals surface area contributed by atoms with E-state index >= 15 is 0 Å². The maximum atomic E-state index is 12.9. The van der Waals surface area contributed by atoms with Crippen LogP contribution in [-0.4, -0.2) is 33.5 Å². The van der Waals surface area contributed by atoms with E-state index in [0.29, 0.717) is 19.8 Å². The molecule has 0 unspecified atom stereocenters. The van der Waals surface area contributed by atoms with Crippen LogP contribution in [0.5, 0.6) is 0 Å². The van der Waals surface area contributed by atoms with Crippen LogP contribution in [0.2, 0.25) is 5.02 Å². The minimum Gasteiger partial charge on any atom is -0.382 e. The van der Waals surface area contributed by atoms with Gasteiger partial charge in [0, 0.05) is 20.3 Å². The van der Waals surface area contributed by atoms with E-state index in [9.17, 15) is 4.39 Å². The number of nitrogens with one attached hydrogen (secondary N) is 1. The molecule has 0 heterocycles. The van der Waals surface area contributed by atoms with Gasteiger partial charge in [0.1, 0.15) is 5.82 Å². The fourth-order valence-electron chi connectivity index (χ4n) is 1.58. The van der Waals surface area contributed by atoms with E-state index in [1.807, 2.05) is 0 Å². The molecule has 1 N–H and O–H groups in total. The second-order valence-electron chi connectivity index (χ2n) is 4.24. The van der Waals surface area contributed by atoms with Gasteiger partial charge in [0.15, 0.2) is 0 Å². The zero-order chi connectivity index (χ0) is 13.9. The van der Waals surface area contributed by atoms with Gasteiger partial charge in [-0.15, -0.1) is 0 Å². The number of hydrogen-bond donors (Lipinski definition) is 1. The van der Waals surface area contributed by atoms with Crippen molar-refractivity contribution in [2.75, 3.05) is 33.5 Å². The van der Waals surface area contributed by atoms with Crippen LogP contribution in [-0.2, 0) is 16.0 Å². The molecule has 3 nitrogen and oxygen atoms in total. The van der Waals surface area contributed by atoms with Crippen LogP contribution in [0.15, 0.2) is 18.2 Å². The molecule has 1 rings (SSSR count). The average Bonchev–Trinajstić information content (AvgIpc) is 2.41. The van der Waals surface area contributed by atoms with Crippen LogP contribution in [0.4, 0.5) is 4.39 Å². The molecule has 108 valence electrons. The van der Waals surface area contributed by atoms with E-state index in [-0.39, 0.29) is 10.8 Å². The Kier molecular flexibility index (Phi) is 8.75. The number of methoxy groups -OCH3 is 1. The Bertz CT molecular complexity index is 363. The zero-order valence-corrected chi connectivity index (χ0v) is 12.0. The number of hydrogen-bond acceptors (Lipinski definition) is 3. The van der Waals surface area contributed by atoms with Gasteiger partial charge in [-0.1, -0.05) is 17.7 Å². The molecule has 0 atom stereocenters. The lowest BCUT2D eigenvalue weighted by Gasteiger charge is -2.06. The number of rotatable bonds is 10. The van der Waals surface area contributed by atoms with Gasteiger partial charge in [-0.3, -0.25) is 0 Å². The normalized spacial score (nSPS) is 10.9. The smallest absolute Gasteiger partial charge is 0.141 e. The fourth-order valence-corrected chi connectivity index (χ4v) is 1.78. The largest absolute Gasteiger partial charge is 0.382 e. The predicted octanol–water partition coefficient (Wildman–Crippen LogP) is 3.01. The van der Waals surface area contributed by atoms with Crippen molar-refractivity contribution in [3.63, 3.8) is 0 Å². The summed E-state index contributed by atoms with van der Waals surface area (Å²) in [7, 11) is 1.66. The van der Waals surface area contributed by atoms with Crippen LogP contribution < -0.4 is 5.32 Å². The molecular weight excluding hydrogens is 269 g/mol. The molecular formula is C14H21ClFNO2. The third-order valence-electron chi connectivity index (χ3n) is 2.64.